The van der Waals surface area contributed by atoms with E-state index in [2.05, 4.69) is 10.3 Å². The first-order valence-corrected chi connectivity index (χ1v) is 13.2. The number of furan rings is 1. The Bertz CT molecular complexity index is 1640. The molecular formula is C26H21F4N3O5S. The standard InChI is InChI=1S/C26H21F4N3O5S/c27-19-5-6-22-17(12-19)13-23(38-22)39(36,37)33-10-8-21(34)24(33)25(35)32-14-15-7-9-31-20(11-15)16-1-3-18(4-2-16)26(28,29)30/h1-7,9,11-13,21,24,34H,8,10,14H2,(H,32,35)/t21-,24-/m0/s1. The third-order valence-electron chi connectivity index (χ3n) is 6.41. The van der Waals surface area contributed by atoms with Crippen molar-refractivity contribution < 1.29 is 40.3 Å². The summed E-state index contributed by atoms with van der Waals surface area (Å²) in [5, 5.41) is 12.8. The van der Waals surface area contributed by atoms with Crippen molar-refractivity contribution in [1.29, 1.82) is 0 Å². The van der Waals surface area contributed by atoms with Crippen LogP contribution in [0.1, 0.15) is 17.5 Å². The number of hydrogen-bond donors (Lipinski definition) is 2. The molecule has 5 rings (SSSR count). The van der Waals surface area contributed by atoms with Gasteiger partial charge in [0.15, 0.2) is 0 Å². The number of sulfonamides is 1. The minimum absolute atomic E-state index is 0.0134. The van der Waals surface area contributed by atoms with Crippen LogP contribution in [0.3, 0.4) is 0 Å². The van der Waals surface area contributed by atoms with Gasteiger partial charge in [-0.1, -0.05) is 12.1 Å². The zero-order valence-corrected chi connectivity index (χ0v) is 20.8. The number of carbonyl (C=O) groups is 1. The number of carbonyl (C=O) groups excluding carboxylic acids is 1. The predicted octanol–water partition coefficient (Wildman–Crippen LogP) is 4.09. The van der Waals surface area contributed by atoms with Crippen LogP contribution in [-0.2, 0) is 27.5 Å². The number of alkyl halides is 3. The van der Waals surface area contributed by atoms with Gasteiger partial charge in [0.1, 0.15) is 17.4 Å². The van der Waals surface area contributed by atoms with Gasteiger partial charge in [0.2, 0.25) is 11.0 Å². The fourth-order valence-corrected chi connectivity index (χ4v) is 6.01. The fourth-order valence-electron chi connectivity index (χ4n) is 4.42. The third kappa shape index (κ3) is 5.37. The van der Waals surface area contributed by atoms with E-state index in [0.717, 1.165) is 34.6 Å². The number of amides is 1. The van der Waals surface area contributed by atoms with E-state index in [9.17, 15) is 35.9 Å². The maximum Gasteiger partial charge on any atom is 0.416 e. The van der Waals surface area contributed by atoms with Crippen molar-refractivity contribution >= 4 is 26.9 Å². The average molecular weight is 564 g/mol. The number of aliphatic hydroxyl groups excluding tert-OH is 1. The first-order chi connectivity index (χ1) is 18.4. The molecule has 13 heteroatoms. The van der Waals surface area contributed by atoms with Gasteiger partial charge in [-0.05, 0) is 54.4 Å². The second-order valence-electron chi connectivity index (χ2n) is 9.01. The molecule has 3 heterocycles. The number of nitrogens with zero attached hydrogens (tertiary/aromatic N) is 2. The van der Waals surface area contributed by atoms with Crippen LogP contribution in [-0.4, -0.2) is 47.4 Å². The highest BCUT2D eigenvalue weighted by Crippen LogP contribution is 2.32. The average Bonchev–Trinajstić information content (AvgIpc) is 3.51. The number of hydrogen-bond acceptors (Lipinski definition) is 6. The van der Waals surface area contributed by atoms with Gasteiger partial charge in [0.05, 0.1) is 17.4 Å². The van der Waals surface area contributed by atoms with Crippen molar-refractivity contribution in [3.05, 3.63) is 83.8 Å². The Balaban J connectivity index is 1.31. The molecule has 8 nitrogen and oxygen atoms in total. The highest BCUT2D eigenvalue weighted by Gasteiger charge is 2.46. The molecule has 4 aromatic rings. The van der Waals surface area contributed by atoms with Gasteiger partial charge in [-0.15, -0.1) is 0 Å². The number of benzene rings is 2. The summed E-state index contributed by atoms with van der Waals surface area (Å²) in [5.74, 6) is -1.32. The van der Waals surface area contributed by atoms with Gasteiger partial charge in [0.25, 0.3) is 10.0 Å². The highest BCUT2D eigenvalue weighted by molar-refractivity contribution is 7.89. The Hall–Kier alpha value is -3.81. The summed E-state index contributed by atoms with van der Waals surface area (Å²) in [6, 6.07) is 10.9. The minimum atomic E-state index is -4.47. The second-order valence-corrected chi connectivity index (χ2v) is 10.8. The lowest BCUT2D eigenvalue weighted by molar-refractivity contribution is -0.137. The van der Waals surface area contributed by atoms with Crippen LogP contribution in [0.4, 0.5) is 17.6 Å². The van der Waals surface area contributed by atoms with Crippen LogP contribution < -0.4 is 5.32 Å². The van der Waals surface area contributed by atoms with Crippen molar-refractivity contribution in [2.24, 2.45) is 0 Å². The zero-order chi connectivity index (χ0) is 27.9. The molecule has 0 aliphatic carbocycles. The normalized spacial score (nSPS) is 18.5. The Morgan fingerprint density at radius 3 is 2.56 bits per heavy atom. The second kappa shape index (κ2) is 10.1. The van der Waals surface area contributed by atoms with E-state index in [0.29, 0.717) is 16.8 Å². The lowest BCUT2D eigenvalue weighted by Crippen LogP contribution is -2.49. The van der Waals surface area contributed by atoms with Gasteiger partial charge in [-0.25, -0.2) is 12.8 Å². The van der Waals surface area contributed by atoms with E-state index in [1.165, 1.54) is 24.4 Å². The van der Waals surface area contributed by atoms with Crippen LogP contribution in [0, 0.1) is 5.82 Å². The molecule has 204 valence electrons. The van der Waals surface area contributed by atoms with E-state index in [-0.39, 0.29) is 30.5 Å². The molecule has 1 aliphatic rings. The van der Waals surface area contributed by atoms with Crippen molar-refractivity contribution in [2.75, 3.05) is 6.54 Å². The number of pyridine rings is 1. The molecule has 2 atom stereocenters. The number of fused-ring (bicyclic) bond motifs is 1. The van der Waals surface area contributed by atoms with E-state index in [4.69, 9.17) is 4.42 Å². The molecule has 1 amide bonds. The number of aliphatic hydroxyl groups is 1. The molecular weight excluding hydrogens is 542 g/mol. The lowest BCUT2D eigenvalue weighted by Gasteiger charge is -2.23. The Kier molecular flexibility index (Phi) is 6.91. The summed E-state index contributed by atoms with van der Waals surface area (Å²) in [6.45, 7) is -0.198. The first kappa shape index (κ1) is 26.8. The summed E-state index contributed by atoms with van der Waals surface area (Å²) in [4.78, 5) is 17.2. The van der Waals surface area contributed by atoms with Crippen molar-refractivity contribution in [1.82, 2.24) is 14.6 Å². The Morgan fingerprint density at radius 2 is 1.85 bits per heavy atom. The molecule has 1 saturated heterocycles. The first-order valence-electron chi connectivity index (χ1n) is 11.7. The molecule has 2 N–H and O–H groups in total. The summed E-state index contributed by atoms with van der Waals surface area (Å²) in [7, 11) is -4.35. The SMILES string of the molecule is O=C(NCc1ccnc(-c2ccc(C(F)(F)F)cc2)c1)[C@@H]1[C@@H](O)CCN1S(=O)(=O)c1cc2cc(F)ccc2o1. The van der Waals surface area contributed by atoms with Crippen LogP contribution >= 0.6 is 0 Å². The Morgan fingerprint density at radius 1 is 1.10 bits per heavy atom. The molecule has 0 radical (unpaired) electrons. The highest BCUT2D eigenvalue weighted by atomic mass is 32.2. The number of nitrogens with one attached hydrogen (secondary N) is 1. The predicted molar refractivity (Wildman–Crippen MR) is 131 cm³/mol. The summed E-state index contributed by atoms with van der Waals surface area (Å²) in [6.07, 6.45) is -4.30. The third-order valence-corrected chi connectivity index (χ3v) is 8.14. The molecule has 0 spiro atoms. The smallest absolute Gasteiger partial charge is 0.416 e. The number of halogens is 4. The monoisotopic (exact) mass is 563 g/mol. The summed E-state index contributed by atoms with van der Waals surface area (Å²) in [5.41, 5.74) is 0.720. The molecule has 0 saturated carbocycles. The van der Waals surface area contributed by atoms with Gasteiger partial charge in [-0.3, -0.25) is 9.78 Å². The van der Waals surface area contributed by atoms with Crippen LogP contribution in [0.2, 0.25) is 0 Å². The number of aromatic nitrogens is 1. The molecule has 2 aromatic carbocycles. The number of rotatable bonds is 6. The van der Waals surface area contributed by atoms with Crippen molar-refractivity contribution in [2.45, 2.75) is 36.4 Å². The van der Waals surface area contributed by atoms with E-state index in [1.807, 2.05) is 0 Å². The fraction of sp³-hybridized carbons (Fsp3) is 0.231. The van der Waals surface area contributed by atoms with E-state index in [1.54, 1.807) is 12.1 Å². The molecule has 0 unspecified atom stereocenters. The van der Waals surface area contributed by atoms with Crippen LogP contribution in [0.5, 0.6) is 0 Å². The van der Waals surface area contributed by atoms with Crippen LogP contribution in [0.15, 0.2) is 76.4 Å². The molecule has 39 heavy (non-hydrogen) atoms. The topological polar surface area (TPSA) is 113 Å². The maximum absolute atomic E-state index is 13.5. The van der Waals surface area contributed by atoms with Crippen LogP contribution in [0.25, 0.3) is 22.2 Å². The van der Waals surface area contributed by atoms with Gasteiger partial charge < -0.3 is 14.8 Å². The molecule has 2 aromatic heterocycles. The van der Waals surface area contributed by atoms with Gasteiger partial charge in [-0.2, -0.15) is 17.5 Å². The largest absolute Gasteiger partial charge is 0.443 e. The van der Waals surface area contributed by atoms with Gasteiger partial charge >= 0.3 is 6.18 Å². The Labute approximate surface area is 219 Å². The molecule has 1 fully saturated rings. The summed E-state index contributed by atoms with van der Waals surface area (Å²) >= 11 is 0. The van der Waals surface area contributed by atoms with Gasteiger partial charge in [0, 0.05) is 36.3 Å². The summed E-state index contributed by atoms with van der Waals surface area (Å²) < 4.78 is 84.9. The molecule has 0 bridgehead atoms. The van der Waals surface area contributed by atoms with Crippen molar-refractivity contribution in [3.63, 3.8) is 0 Å². The zero-order valence-electron chi connectivity index (χ0n) is 20.0. The van der Waals surface area contributed by atoms with E-state index < -0.39 is 50.7 Å². The van der Waals surface area contributed by atoms with E-state index >= 15 is 0 Å². The maximum atomic E-state index is 13.5. The quantitative estimate of drug-likeness (QED) is 0.342. The lowest BCUT2D eigenvalue weighted by atomic mass is 10.1. The minimum Gasteiger partial charge on any atom is -0.443 e. The van der Waals surface area contributed by atoms with Crippen molar-refractivity contribution in [3.8, 4) is 11.3 Å². The molecule has 1 aliphatic heterocycles.